The molecule has 5 nitrogen and oxygen atoms in total. The van der Waals surface area contributed by atoms with Crippen LogP contribution < -0.4 is 15.5 Å². The number of anilines is 3. The number of nitrogens with zero attached hydrogens (tertiary/aromatic N) is 2. The minimum atomic E-state index is -0.280. The van der Waals surface area contributed by atoms with Crippen LogP contribution in [0.25, 0.3) is 10.9 Å². The summed E-state index contributed by atoms with van der Waals surface area (Å²) in [6.45, 7) is 0. The molecule has 3 aromatic rings. The van der Waals surface area contributed by atoms with E-state index in [1.54, 1.807) is 12.3 Å². The Bertz CT molecular complexity index is 840. The second-order valence-electron chi connectivity index (χ2n) is 5.40. The topological polar surface area (TPSA) is 57.3 Å². The highest BCUT2D eigenvalue weighted by Gasteiger charge is 2.07. The SMILES string of the molecule is CN(C)c1cccc(NC(=O)Nc2ccnc3ccccc23)c1. The number of hydrogen-bond acceptors (Lipinski definition) is 3. The number of pyridine rings is 1. The maximum Gasteiger partial charge on any atom is 0.323 e. The molecule has 0 aliphatic carbocycles. The highest BCUT2D eigenvalue weighted by molar-refractivity contribution is 6.05. The van der Waals surface area contributed by atoms with Crippen LogP contribution in [0, 0.1) is 0 Å². The molecule has 0 bridgehead atoms. The van der Waals surface area contributed by atoms with E-state index in [1.807, 2.05) is 67.5 Å². The molecule has 0 radical (unpaired) electrons. The van der Waals surface area contributed by atoms with E-state index < -0.39 is 0 Å². The van der Waals surface area contributed by atoms with Gasteiger partial charge in [-0.1, -0.05) is 24.3 Å². The Kier molecular flexibility index (Phi) is 4.10. The molecule has 5 heteroatoms. The van der Waals surface area contributed by atoms with Crippen LogP contribution in [-0.4, -0.2) is 25.1 Å². The molecule has 0 saturated heterocycles. The smallest absolute Gasteiger partial charge is 0.323 e. The number of carbonyl (C=O) groups is 1. The maximum absolute atomic E-state index is 12.3. The zero-order valence-electron chi connectivity index (χ0n) is 13.1. The second kappa shape index (κ2) is 6.36. The lowest BCUT2D eigenvalue weighted by Gasteiger charge is -2.14. The number of nitrogens with one attached hydrogen (secondary N) is 2. The van der Waals surface area contributed by atoms with E-state index in [9.17, 15) is 4.79 Å². The Labute approximate surface area is 135 Å². The van der Waals surface area contributed by atoms with Crippen LogP contribution >= 0.6 is 0 Å². The third-order valence-corrected chi connectivity index (χ3v) is 3.52. The Morgan fingerprint density at radius 1 is 1.00 bits per heavy atom. The van der Waals surface area contributed by atoms with Gasteiger partial charge in [0.1, 0.15) is 0 Å². The van der Waals surface area contributed by atoms with Crippen LogP contribution in [-0.2, 0) is 0 Å². The van der Waals surface area contributed by atoms with E-state index in [1.165, 1.54) is 0 Å². The largest absolute Gasteiger partial charge is 0.378 e. The van der Waals surface area contributed by atoms with E-state index in [2.05, 4.69) is 15.6 Å². The normalized spacial score (nSPS) is 10.3. The number of amides is 2. The summed E-state index contributed by atoms with van der Waals surface area (Å²) in [5.41, 5.74) is 3.35. The zero-order chi connectivity index (χ0) is 16.2. The molecule has 0 saturated carbocycles. The molecule has 2 aromatic carbocycles. The standard InChI is InChI=1S/C18H18N4O/c1-22(2)14-7-5-6-13(12-14)20-18(23)21-17-10-11-19-16-9-4-3-8-15(16)17/h3-12H,1-2H3,(H2,19,20,21,23). The summed E-state index contributed by atoms with van der Waals surface area (Å²) in [5, 5.41) is 6.64. The minimum absolute atomic E-state index is 0.280. The van der Waals surface area contributed by atoms with E-state index in [4.69, 9.17) is 0 Å². The van der Waals surface area contributed by atoms with Gasteiger partial charge >= 0.3 is 6.03 Å². The number of rotatable bonds is 3. The van der Waals surface area contributed by atoms with Crippen molar-refractivity contribution in [2.45, 2.75) is 0 Å². The Balaban J connectivity index is 1.78. The van der Waals surface area contributed by atoms with Gasteiger partial charge in [0.15, 0.2) is 0 Å². The Hall–Kier alpha value is -3.08. The van der Waals surface area contributed by atoms with Gasteiger partial charge in [0.2, 0.25) is 0 Å². The summed E-state index contributed by atoms with van der Waals surface area (Å²) in [6, 6.07) is 16.9. The molecule has 116 valence electrons. The van der Waals surface area contributed by atoms with Crippen LogP contribution in [0.5, 0.6) is 0 Å². The first-order chi connectivity index (χ1) is 11.1. The number of aromatic nitrogens is 1. The van der Waals surface area contributed by atoms with Crippen molar-refractivity contribution in [2.24, 2.45) is 0 Å². The van der Waals surface area contributed by atoms with Gasteiger partial charge in [-0.25, -0.2) is 4.79 Å². The molecule has 1 aromatic heterocycles. The van der Waals surface area contributed by atoms with Gasteiger partial charge in [0, 0.05) is 37.1 Å². The lowest BCUT2D eigenvalue weighted by molar-refractivity contribution is 0.262. The van der Waals surface area contributed by atoms with E-state index in [0.29, 0.717) is 0 Å². The molecule has 0 unspecified atom stereocenters. The van der Waals surface area contributed by atoms with Gasteiger partial charge in [-0.3, -0.25) is 4.98 Å². The van der Waals surface area contributed by atoms with Crippen LogP contribution in [0.2, 0.25) is 0 Å². The molecule has 1 heterocycles. The molecule has 0 aliphatic heterocycles. The van der Waals surface area contributed by atoms with Gasteiger partial charge in [-0.05, 0) is 30.3 Å². The second-order valence-corrected chi connectivity index (χ2v) is 5.40. The molecule has 3 rings (SSSR count). The zero-order valence-corrected chi connectivity index (χ0v) is 13.1. The molecule has 0 fully saturated rings. The number of carbonyl (C=O) groups excluding carboxylic acids is 1. The number of fused-ring (bicyclic) bond motifs is 1. The fraction of sp³-hybridized carbons (Fsp3) is 0.111. The summed E-state index contributed by atoms with van der Waals surface area (Å²) in [5.74, 6) is 0. The van der Waals surface area contributed by atoms with Gasteiger partial charge in [-0.15, -0.1) is 0 Å². The molecular formula is C18H18N4O. The molecule has 0 spiro atoms. The van der Waals surface area contributed by atoms with Gasteiger partial charge in [0.25, 0.3) is 0 Å². The Morgan fingerprint density at radius 2 is 1.83 bits per heavy atom. The molecular weight excluding hydrogens is 288 g/mol. The molecule has 23 heavy (non-hydrogen) atoms. The van der Waals surface area contributed by atoms with Crippen LogP contribution in [0.3, 0.4) is 0 Å². The van der Waals surface area contributed by atoms with E-state index in [0.717, 1.165) is 28.0 Å². The average Bonchev–Trinajstić information content (AvgIpc) is 2.55. The van der Waals surface area contributed by atoms with Crippen molar-refractivity contribution in [3.63, 3.8) is 0 Å². The van der Waals surface area contributed by atoms with Crippen molar-refractivity contribution in [1.29, 1.82) is 0 Å². The van der Waals surface area contributed by atoms with E-state index in [-0.39, 0.29) is 6.03 Å². The Morgan fingerprint density at radius 3 is 2.65 bits per heavy atom. The first kappa shape index (κ1) is 14.8. The first-order valence-electron chi connectivity index (χ1n) is 7.32. The van der Waals surface area contributed by atoms with Gasteiger partial charge in [0.05, 0.1) is 11.2 Å². The highest BCUT2D eigenvalue weighted by Crippen LogP contribution is 2.22. The van der Waals surface area contributed by atoms with Crippen molar-refractivity contribution in [3.8, 4) is 0 Å². The fourth-order valence-corrected chi connectivity index (χ4v) is 2.35. The monoisotopic (exact) mass is 306 g/mol. The maximum atomic E-state index is 12.3. The van der Waals surface area contributed by atoms with Crippen molar-refractivity contribution in [1.82, 2.24) is 4.98 Å². The predicted octanol–water partition coefficient (Wildman–Crippen LogP) is 3.94. The van der Waals surface area contributed by atoms with Crippen LogP contribution in [0.15, 0.2) is 60.8 Å². The number of urea groups is 1. The molecule has 0 atom stereocenters. The molecule has 2 N–H and O–H groups in total. The van der Waals surface area contributed by atoms with Crippen molar-refractivity contribution in [3.05, 3.63) is 60.8 Å². The van der Waals surface area contributed by atoms with Gasteiger partial charge in [-0.2, -0.15) is 0 Å². The lowest BCUT2D eigenvalue weighted by Crippen LogP contribution is -2.20. The third kappa shape index (κ3) is 3.40. The quantitative estimate of drug-likeness (QED) is 0.770. The molecule has 0 aliphatic rings. The van der Waals surface area contributed by atoms with Crippen LogP contribution in [0.1, 0.15) is 0 Å². The summed E-state index contributed by atoms with van der Waals surface area (Å²) >= 11 is 0. The van der Waals surface area contributed by atoms with Crippen molar-refractivity contribution in [2.75, 3.05) is 29.6 Å². The van der Waals surface area contributed by atoms with Crippen LogP contribution in [0.4, 0.5) is 21.9 Å². The number of para-hydroxylation sites is 1. The summed E-state index contributed by atoms with van der Waals surface area (Å²) in [7, 11) is 3.92. The van der Waals surface area contributed by atoms with Crippen molar-refractivity contribution < 1.29 is 4.79 Å². The fourth-order valence-electron chi connectivity index (χ4n) is 2.35. The third-order valence-electron chi connectivity index (χ3n) is 3.52. The average molecular weight is 306 g/mol. The molecule has 2 amide bonds. The summed E-state index contributed by atoms with van der Waals surface area (Å²) in [6.07, 6.45) is 1.69. The predicted molar refractivity (Wildman–Crippen MR) is 95.2 cm³/mol. The summed E-state index contributed by atoms with van der Waals surface area (Å²) < 4.78 is 0. The van der Waals surface area contributed by atoms with Crippen molar-refractivity contribution >= 4 is 34.0 Å². The van der Waals surface area contributed by atoms with E-state index >= 15 is 0 Å². The minimum Gasteiger partial charge on any atom is -0.378 e. The summed E-state index contributed by atoms with van der Waals surface area (Å²) in [4.78, 5) is 18.5. The number of hydrogen-bond donors (Lipinski definition) is 2. The van der Waals surface area contributed by atoms with Gasteiger partial charge < -0.3 is 15.5 Å². The lowest BCUT2D eigenvalue weighted by atomic mass is 10.2. The highest BCUT2D eigenvalue weighted by atomic mass is 16.2. The first-order valence-corrected chi connectivity index (χ1v) is 7.32. The number of benzene rings is 2.